The molecule has 0 fully saturated rings. The third kappa shape index (κ3) is 6.89. The van der Waals surface area contributed by atoms with Gasteiger partial charge in [0.1, 0.15) is 0 Å². The molecule has 1 rings (SSSR count). The molecular weight excluding hydrogens is 334 g/mol. The van der Waals surface area contributed by atoms with Gasteiger partial charge in [0.2, 0.25) is 0 Å². The number of rotatable bonds is 10. The molecule has 0 amide bonds. The highest BCUT2D eigenvalue weighted by atomic mass is 79.9. The fourth-order valence-corrected chi connectivity index (χ4v) is 4.30. The molecule has 0 saturated carbocycles. The lowest BCUT2D eigenvalue weighted by Gasteiger charge is -2.06. The fraction of sp³-hybridized carbons (Fsp3) is 0.625. The van der Waals surface area contributed by atoms with E-state index in [0.29, 0.717) is 5.69 Å². The van der Waals surface area contributed by atoms with Crippen LogP contribution < -0.4 is 5.73 Å². The molecule has 4 heteroatoms. The second-order valence-electron chi connectivity index (χ2n) is 5.21. The Hall–Kier alpha value is -0.350. The predicted octanol–water partition coefficient (Wildman–Crippen LogP) is 5.28. The molecule has 0 aliphatic rings. The zero-order chi connectivity index (χ0) is 14.8. The van der Waals surface area contributed by atoms with Crippen molar-refractivity contribution in [1.29, 1.82) is 0 Å². The quantitative estimate of drug-likeness (QED) is 0.456. The Labute approximate surface area is 134 Å². The average Bonchev–Trinajstić information content (AvgIpc) is 2.41. The number of nitrogen functional groups attached to an aromatic ring is 1. The number of hydrogen-bond donors (Lipinski definition) is 1. The van der Waals surface area contributed by atoms with Crippen LogP contribution in [0.1, 0.15) is 58.3 Å². The van der Waals surface area contributed by atoms with Gasteiger partial charge in [-0.2, -0.15) is 0 Å². The van der Waals surface area contributed by atoms with Crippen molar-refractivity contribution in [2.24, 2.45) is 0 Å². The van der Waals surface area contributed by atoms with Crippen LogP contribution in [0.3, 0.4) is 0 Å². The summed E-state index contributed by atoms with van der Waals surface area (Å²) in [4.78, 5) is 0.863. The first-order chi connectivity index (χ1) is 9.65. The fourth-order valence-electron chi connectivity index (χ4n) is 2.18. The van der Waals surface area contributed by atoms with E-state index in [4.69, 9.17) is 5.73 Å². The Morgan fingerprint density at radius 3 is 2.25 bits per heavy atom. The van der Waals surface area contributed by atoms with Gasteiger partial charge in [0.15, 0.2) is 0 Å². The first-order valence-electron chi connectivity index (χ1n) is 7.58. The lowest BCUT2D eigenvalue weighted by molar-refractivity contribution is 0.584. The molecule has 1 unspecified atom stereocenters. The van der Waals surface area contributed by atoms with Gasteiger partial charge < -0.3 is 5.73 Å². The van der Waals surface area contributed by atoms with Crippen molar-refractivity contribution in [3.63, 3.8) is 0 Å². The summed E-state index contributed by atoms with van der Waals surface area (Å²) < 4.78 is 13.0. The minimum absolute atomic E-state index is 0.699. The minimum atomic E-state index is -0.916. The maximum absolute atomic E-state index is 12.2. The van der Waals surface area contributed by atoms with E-state index in [0.717, 1.165) is 21.5 Å². The van der Waals surface area contributed by atoms with Crippen molar-refractivity contribution in [2.45, 2.75) is 63.2 Å². The third-order valence-corrected chi connectivity index (χ3v) is 5.81. The largest absolute Gasteiger partial charge is 0.399 e. The smallest absolute Gasteiger partial charge is 0.0541 e. The number of hydrogen-bond acceptors (Lipinski definition) is 2. The zero-order valence-corrected chi connectivity index (χ0v) is 14.8. The van der Waals surface area contributed by atoms with Gasteiger partial charge in [-0.15, -0.1) is 0 Å². The van der Waals surface area contributed by atoms with Crippen LogP contribution in [0.25, 0.3) is 0 Å². The molecule has 0 aliphatic carbocycles. The van der Waals surface area contributed by atoms with Crippen molar-refractivity contribution < 1.29 is 4.21 Å². The first-order valence-corrected chi connectivity index (χ1v) is 9.69. The highest BCUT2D eigenvalue weighted by Gasteiger charge is 2.08. The van der Waals surface area contributed by atoms with E-state index in [1.807, 2.05) is 18.2 Å². The second kappa shape index (κ2) is 10.4. The first kappa shape index (κ1) is 17.7. The highest BCUT2D eigenvalue weighted by molar-refractivity contribution is 9.10. The maximum Gasteiger partial charge on any atom is 0.0541 e. The summed E-state index contributed by atoms with van der Waals surface area (Å²) in [5.41, 5.74) is 6.39. The molecule has 114 valence electrons. The van der Waals surface area contributed by atoms with Gasteiger partial charge in [-0.3, -0.25) is 4.21 Å². The Balaban J connectivity index is 2.17. The summed E-state index contributed by atoms with van der Waals surface area (Å²) in [6, 6.07) is 5.49. The molecule has 0 aromatic heterocycles. The molecule has 0 aliphatic heterocycles. The molecule has 1 aromatic carbocycles. The molecule has 2 nitrogen and oxygen atoms in total. The molecule has 0 spiro atoms. The molecule has 1 atom stereocenters. The highest BCUT2D eigenvalue weighted by Crippen LogP contribution is 2.23. The Kier molecular flexibility index (Phi) is 9.19. The number of nitrogens with two attached hydrogens (primary N) is 1. The van der Waals surface area contributed by atoms with E-state index in [9.17, 15) is 4.21 Å². The lowest BCUT2D eigenvalue weighted by Crippen LogP contribution is -2.00. The molecular formula is C16H26BrNOS. The SMILES string of the molecule is CCCCCCCCCCS(=O)c1ccc(N)cc1Br. The van der Waals surface area contributed by atoms with Crippen LogP contribution in [0.2, 0.25) is 0 Å². The summed E-state index contributed by atoms with van der Waals surface area (Å²) in [5, 5.41) is 0. The van der Waals surface area contributed by atoms with E-state index in [1.165, 1.54) is 44.9 Å². The minimum Gasteiger partial charge on any atom is -0.399 e. The van der Waals surface area contributed by atoms with Gasteiger partial charge in [-0.25, -0.2) is 0 Å². The second-order valence-corrected chi connectivity index (χ2v) is 7.61. The van der Waals surface area contributed by atoms with Crippen LogP contribution in [0.4, 0.5) is 5.69 Å². The Morgan fingerprint density at radius 2 is 1.65 bits per heavy atom. The van der Waals surface area contributed by atoms with Crippen molar-refractivity contribution in [2.75, 3.05) is 11.5 Å². The molecule has 0 saturated heterocycles. The molecule has 20 heavy (non-hydrogen) atoms. The van der Waals surface area contributed by atoms with Gasteiger partial charge >= 0.3 is 0 Å². The van der Waals surface area contributed by atoms with Crippen LogP contribution in [0.15, 0.2) is 27.6 Å². The summed E-state index contributed by atoms with van der Waals surface area (Å²) in [6.07, 6.45) is 10.2. The summed E-state index contributed by atoms with van der Waals surface area (Å²) >= 11 is 3.43. The number of anilines is 1. The Morgan fingerprint density at radius 1 is 1.05 bits per heavy atom. The van der Waals surface area contributed by atoms with Gasteiger partial charge in [0.05, 0.1) is 15.7 Å². The van der Waals surface area contributed by atoms with E-state index in [2.05, 4.69) is 22.9 Å². The van der Waals surface area contributed by atoms with Gasteiger partial charge in [-0.1, -0.05) is 51.9 Å². The van der Waals surface area contributed by atoms with Crippen molar-refractivity contribution in [3.05, 3.63) is 22.7 Å². The summed E-state index contributed by atoms with van der Waals surface area (Å²) in [5.74, 6) is 0.747. The molecule has 0 bridgehead atoms. The van der Waals surface area contributed by atoms with E-state index in [1.54, 1.807) is 0 Å². The molecule has 1 aromatic rings. The van der Waals surface area contributed by atoms with Crippen molar-refractivity contribution >= 4 is 32.4 Å². The van der Waals surface area contributed by atoms with Crippen molar-refractivity contribution in [1.82, 2.24) is 0 Å². The zero-order valence-electron chi connectivity index (χ0n) is 12.4. The maximum atomic E-state index is 12.2. The molecule has 0 radical (unpaired) electrons. The Bertz CT molecular complexity index is 423. The average molecular weight is 360 g/mol. The van der Waals surface area contributed by atoms with Crippen LogP contribution in [0.5, 0.6) is 0 Å². The van der Waals surface area contributed by atoms with Gasteiger partial charge in [0.25, 0.3) is 0 Å². The number of halogens is 1. The molecule has 2 N–H and O–H groups in total. The summed E-state index contributed by atoms with van der Waals surface area (Å²) in [6.45, 7) is 2.24. The van der Waals surface area contributed by atoms with E-state index < -0.39 is 10.8 Å². The normalized spacial score (nSPS) is 12.5. The lowest BCUT2D eigenvalue weighted by atomic mass is 10.1. The predicted molar refractivity (Wildman–Crippen MR) is 92.4 cm³/mol. The van der Waals surface area contributed by atoms with Gasteiger partial charge in [0, 0.05) is 15.9 Å². The van der Waals surface area contributed by atoms with Crippen LogP contribution in [-0.4, -0.2) is 9.96 Å². The van der Waals surface area contributed by atoms with E-state index >= 15 is 0 Å². The summed E-state index contributed by atoms with van der Waals surface area (Å²) in [7, 11) is -0.916. The monoisotopic (exact) mass is 359 g/mol. The molecule has 0 heterocycles. The number of unbranched alkanes of at least 4 members (excludes halogenated alkanes) is 7. The third-order valence-electron chi connectivity index (χ3n) is 3.38. The standard InChI is InChI=1S/C16H26BrNOS/c1-2-3-4-5-6-7-8-9-12-20(19)16-11-10-14(18)13-15(16)17/h10-11,13H,2-9,12,18H2,1H3. The van der Waals surface area contributed by atoms with Crippen molar-refractivity contribution in [3.8, 4) is 0 Å². The van der Waals surface area contributed by atoms with E-state index in [-0.39, 0.29) is 0 Å². The van der Waals surface area contributed by atoms with Gasteiger partial charge in [-0.05, 0) is 40.5 Å². The topological polar surface area (TPSA) is 43.1 Å². The van der Waals surface area contributed by atoms with Crippen LogP contribution in [0, 0.1) is 0 Å². The van der Waals surface area contributed by atoms with Crippen LogP contribution >= 0.6 is 15.9 Å². The number of benzene rings is 1. The van der Waals surface area contributed by atoms with Crippen LogP contribution in [-0.2, 0) is 10.8 Å².